The topological polar surface area (TPSA) is 73.6 Å². The van der Waals surface area contributed by atoms with Gasteiger partial charge >= 0.3 is 0 Å². The Kier molecular flexibility index (Phi) is 6.18. The maximum absolute atomic E-state index is 11.7. The molecule has 0 aliphatic rings. The zero-order chi connectivity index (χ0) is 13.4. The summed E-state index contributed by atoms with van der Waals surface area (Å²) in [6.07, 6.45) is 1.13. The van der Waals surface area contributed by atoms with Gasteiger partial charge in [-0.3, -0.25) is 4.79 Å². The molecule has 0 fully saturated rings. The highest BCUT2D eigenvalue weighted by Crippen LogP contribution is 2.25. The van der Waals surface area contributed by atoms with E-state index in [1.807, 2.05) is 12.1 Å². The normalized spacial score (nSPS) is 10.2. The van der Waals surface area contributed by atoms with Gasteiger partial charge in [-0.25, -0.2) is 0 Å². The van der Waals surface area contributed by atoms with Gasteiger partial charge in [0.15, 0.2) is 0 Å². The van der Waals surface area contributed by atoms with Crippen LogP contribution in [0.15, 0.2) is 18.2 Å². The van der Waals surface area contributed by atoms with E-state index in [0.29, 0.717) is 37.4 Å². The highest BCUT2D eigenvalue weighted by molar-refractivity contribution is 5.92. The monoisotopic (exact) mass is 252 g/mol. The predicted octanol–water partition coefficient (Wildman–Crippen LogP) is 1.52. The maximum Gasteiger partial charge on any atom is 0.224 e. The predicted molar refractivity (Wildman–Crippen MR) is 70.6 cm³/mol. The van der Waals surface area contributed by atoms with Crippen molar-refractivity contribution in [1.82, 2.24) is 0 Å². The van der Waals surface area contributed by atoms with Crippen molar-refractivity contribution in [3.05, 3.63) is 23.8 Å². The van der Waals surface area contributed by atoms with Gasteiger partial charge < -0.3 is 20.5 Å². The number of anilines is 1. The fourth-order valence-electron chi connectivity index (χ4n) is 1.56. The molecule has 0 saturated carbocycles. The molecular weight excluding hydrogens is 232 g/mol. The first-order valence-corrected chi connectivity index (χ1v) is 5.87. The number of carbonyl (C=O) groups is 1. The molecule has 1 aromatic carbocycles. The molecule has 0 aliphatic carbocycles. The van der Waals surface area contributed by atoms with Gasteiger partial charge in [-0.05, 0) is 24.1 Å². The Morgan fingerprint density at radius 2 is 2.17 bits per heavy atom. The second-order valence-electron chi connectivity index (χ2n) is 3.88. The lowest BCUT2D eigenvalue weighted by Gasteiger charge is -2.11. The second kappa shape index (κ2) is 7.68. The van der Waals surface area contributed by atoms with Crippen molar-refractivity contribution in [3.8, 4) is 5.75 Å². The van der Waals surface area contributed by atoms with E-state index in [9.17, 15) is 4.79 Å². The van der Waals surface area contributed by atoms with E-state index in [-0.39, 0.29) is 5.91 Å². The van der Waals surface area contributed by atoms with Gasteiger partial charge in [-0.15, -0.1) is 0 Å². The summed E-state index contributed by atoms with van der Waals surface area (Å²) >= 11 is 0. The van der Waals surface area contributed by atoms with E-state index in [1.165, 1.54) is 0 Å². The third kappa shape index (κ3) is 4.35. The van der Waals surface area contributed by atoms with Crippen LogP contribution in [0.4, 0.5) is 5.69 Å². The Hall–Kier alpha value is -1.59. The Balaban J connectivity index is 2.63. The molecule has 0 atom stereocenters. The first-order valence-electron chi connectivity index (χ1n) is 5.87. The Morgan fingerprint density at radius 1 is 1.39 bits per heavy atom. The first kappa shape index (κ1) is 14.5. The van der Waals surface area contributed by atoms with Crippen molar-refractivity contribution in [3.63, 3.8) is 0 Å². The molecule has 5 heteroatoms. The third-order valence-corrected chi connectivity index (χ3v) is 2.53. The van der Waals surface area contributed by atoms with Crippen LogP contribution in [-0.2, 0) is 16.1 Å². The molecule has 1 rings (SSSR count). The van der Waals surface area contributed by atoms with Crippen molar-refractivity contribution in [2.75, 3.05) is 26.1 Å². The van der Waals surface area contributed by atoms with Crippen LogP contribution in [0, 0.1) is 0 Å². The number of amides is 1. The lowest BCUT2D eigenvalue weighted by atomic mass is 10.2. The Bertz CT molecular complexity index is 394. The Labute approximate surface area is 107 Å². The molecule has 0 saturated heterocycles. The molecule has 100 valence electrons. The van der Waals surface area contributed by atoms with Crippen LogP contribution in [0.3, 0.4) is 0 Å². The molecule has 3 N–H and O–H groups in total. The number of methoxy groups -OCH3 is 2. The van der Waals surface area contributed by atoms with Gasteiger partial charge in [-0.2, -0.15) is 0 Å². The average molecular weight is 252 g/mol. The van der Waals surface area contributed by atoms with Gasteiger partial charge in [0.25, 0.3) is 0 Å². The molecule has 1 amide bonds. The van der Waals surface area contributed by atoms with Crippen LogP contribution in [0.25, 0.3) is 0 Å². The second-order valence-corrected chi connectivity index (χ2v) is 3.88. The minimum Gasteiger partial charge on any atom is -0.495 e. The van der Waals surface area contributed by atoms with Gasteiger partial charge in [0.05, 0.1) is 12.8 Å². The lowest BCUT2D eigenvalue weighted by Crippen LogP contribution is -2.13. The van der Waals surface area contributed by atoms with E-state index < -0.39 is 0 Å². The fourth-order valence-corrected chi connectivity index (χ4v) is 1.56. The summed E-state index contributed by atoms with van der Waals surface area (Å²) in [6, 6.07) is 5.49. The van der Waals surface area contributed by atoms with Crippen molar-refractivity contribution in [1.29, 1.82) is 0 Å². The van der Waals surface area contributed by atoms with Gasteiger partial charge in [0.1, 0.15) is 5.75 Å². The molecule has 0 heterocycles. The highest BCUT2D eigenvalue weighted by atomic mass is 16.5. The quantitative estimate of drug-likeness (QED) is 0.722. The summed E-state index contributed by atoms with van der Waals surface area (Å²) in [6.45, 7) is 1.02. The molecule has 0 aliphatic heterocycles. The van der Waals surface area contributed by atoms with Gasteiger partial charge in [0.2, 0.25) is 5.91 Å². The number of nitrogens with two attached hydrogens (primary N) is 1. The van der Waals surface area contributed by atoms with Gasteiger partial charge in [0, 0.05) is 26.7 Å². The van der Waals surface area contributed by atoms with E-state index in [4.69, 9.17) is 15.2 Å². The molecule has 0 bridgehead atoms. The maximum atomic E-state index is 11.7. The van der Waals surface area contributed by atoms with Crippen molar-refractivity contribution < 1.29 is 14.3 Å². The number of hydrogen-bond donors (Lipinski definition) is 2. The van der Waals surface area contributed by atoms with Crippen molar-refractivity contribution in [2.45, 2.75) is 19.4 Å². The summed E-state index contributed by atoms with van der Waals surface area (Å²) in [4.78, 5) is 11.7. The molecule has 0 spiro atoms. The summed E-state index contributed by atoms with van der Waals surface area (Å²) in [5.41, 5.74) is 7.18. The largest absolute Gasteiger partial charge is 0.495 e. The number of hydrogen-bond acceptors (Lipinski definition) is 4. The molecule has 0 radical (unpaired) electrons. The standard InChI is InChI=1S/C13H20N2O3/c1-17-7-3-4-13(16)15-11-6-5-10(9-14)8-12(11)18-2/h5-6,8H,3-4,7,9,14H2,1-2H3,(H,15,16). The SMILES string of the molecule is COCCCC(=O)Nc1ccc(CN)cc1OC. The highest BCUT2D eigenvalue weighted by Gasteiger charge is 2.07. The number of benzene rings is 1. The minimum absolute atomic E-state index is 0.0501. The number of carbonyl (C=O) groups excluding carboxylic acids is 1. The van der Waals surface area contributed by atoms with E-state index in [1.54, 1.807) is 20.3 Å². The average Bonchev–Trinajstić information content (AvgIpc) is 2.39. The van der Waals surface area contributed by atoms with E-state index in [2.05, 4.69) is 5.32 Å². The van der Waals surface area contributed by atoms with E-state index >= 15 is 0 Å². The van der Waals surface area contributed by atoms with Crippen LogP contribution in [-0.4, -0.2) is 26.7 Å². The molecule has 5 nitrogen and oxygen atoms in total. The first-order chi connectivity index (χ1) is 8.71. The lowest BCUT2D eigenvalue weighted by molar-refractivity contribution is -0.116. The summed E-state index contributed by atoms with van der Waals surface area (Å²) in [5.74, 6) is 0.573. The fraction of sp³-hybridized carbons (Fsp3) is 0.462. The van der Waals surface area contributed by atoms with Crippen LogP contribution in [0.5, 0.6) is 5.75 Å². The number of ether oxygens (including phenoxy) is 2. The Morgan fingerprint density at radius 3 is 2.78 bits per heavy atom. The van der Waals surface area contributed by atoms with E-state index in [0.717, 1.165) is 5.56 Å². The molecule has 0 aromatic heterocycles. The number of nitrogens with one attached hydrogen (secondary N) is 1. The van der Waals surface area contributed by atoms with Crippen molar-refractivity contribution in [2.24, 2.45) is 5.73 Å². The summed E-state index contributed by atoms with van der Waals surface area (Å²) < 4.78 is 10.1. The summed E-state index contributed by atoms with van der Waals surface area (Å²) in [7, 11) is 3.18. The molecule has 1 aromatic rings. The minimum atomic E-state index is -0.0501. The van der Waals surface area contributed by atoms with Crippen LogP contribution < -0.4 is 15.8 Å². The van der Waals surface area contributed by atoms with Crippen LogP contribution in [0.1, 0.15) is 18.4 Å². The van der Waals surface area contributed by atoms with Crippen LogP contribution in [0.2, 0.25) is 0 Å². The molecular formula is C13H20N2O3. The zero-order valence-electron chi connectivity index (χ0n) is 10.9. The van der Waals surface area contributed by atoms with Crippen LogP contribution >= 0.6 is 0 Å². The number of rotatable bonds is 7. The molecule has 0 unspecified atom stereocenters. The van der Waals surface area contributed by atoms with Gasteiger partial charge in [-0.1, -0.05) is 6.07 Å². The zero-order valence-corrected chi connectivity index (χ0v) is 10.9. The summed E-state index contributed by atoms with van der Waals surface area (Å²) in [5, 5.41) is 2.81. The molecule has 18 heavy (non-hydrogen) atoms. The van der Waals surface area contributed by atoms with Crippen molar-refractivity contribution >= 4 is 11.6 Å². The third-order valence-electron chi connectivity index (χ3n) is 2.53. The smallest absolute Gasteiger partial charge is 0.224 e.